The van der Waals surface area contributed by atoms with Crippen LogP contribution in [0.1, 0.15) is 61.7 Å². The van der Waals surface area contributed by atoms with Crippen LogP contribution in [0.4, 0.5) is 16.2 Å². The minimum Gasteiger partial charge on any atom is -0.477 e. The van der Waals surface area contributed by atoms with Crippen molar-refractivity contribution in [3.63, 3.8) is 0 Å². The van der Waals surface area contributed by atoms with Crippen LogP contribution in [-0.2, 0) is 23.5 Å². The van der Waals surface area contributed by atoms with Gasteiger partial charge in [0, 0.05) is 42.3 Å². The molecular weight excluding hydrogens is 705 g/mol. The summed E-state index contributed by atoms with van der Waals surface area (Å²) in [6.07, 6.45) is 0.942. The number of anilines is 2. The Kier molecular flexibility index (Phi) is 11.3. The van der Waals surface area contributed by atoms with Gasteiger partial charge in [-0.2, -0.15) is 0 Å². The summed E-state index contributed by atoms with van der Waals surface area (Å²) in [6, 6.07) is 28.5. The number of thioether (sulfide) groups is 1. The lowest BCUT2D eigenvalue weighted by Crippen LogP contribution is -2.34. The molecule has 0 fully saturated rings. The molecule has 278 valence electrons. The highest BCUT2D eigenvalue weighted by atomic mass is 32.2. The zero-order chi connectivity index (χ0) is 38.4. The number of carbonyl (C=O) groups is 2. The molecule has 13 nitrogen and oxygen atoms in total. The first-order chi connectivity index (χ1) is 25.9. The average molecular weight is 747 g/mol. The number of nitrogens with one attached hydrogen (secondary N) is 1. The van der Waals surface area contributed by atoms with Gasteiger partial charge in [-0.05, 0) is 90.7 Å². The normalized spacial score (nSPS) is 11.4. The number of ether oxygens (including phenoxy) is 2. The number of nitrogens with zero attached hydrogens (tertiary/aromatic N) is 6. The smallest absolute Gasteiger partial charge is 0.414 e. The Morgan fingerprint density at radius 2 is 1.67 bits per heavy atom. The fraction of sp³-hybridized carbons (Fsp3) is 0.250. The maximum Gasteiger partial charge on any atom is 0.414 e. The zero-order valence-corrected chi connectivity index (χ0v) is 31.6. The van der Waals surface area contributed by atoms with Gasteiger partial charge in [0.25, 0.3) is 0 Å². The molecule has 0 aliphatic carbocycles. The summed E-state index contributed by atoms with van der Waals surface area (Å²) in [5.74, 6) is 1.75. The van der Waals surface area contributed by atoms with E-state index in [1.807, 2.05) is 77.4 Å². The molecule has 0 atom stereocenters. The van der Waals surface area contributed by atoms with Crippen LogP contribution in [0.15, 0.2) is 95.9 Å². The Labute approximate surface area is 317 Å². The van der Waals surface area contributed by atoms with Crippen molar-refractivity contribution in [2.45, 2.75) is 63.3 Å². The number of aromatic nitrogens is 6. The summed E-state index contributed by atoms with van der Waals surface area (Å²) in [4.78, 5) is 32.5. The third-order valence-corrected chi connectivity index (χ3v) is 9.42. The van der Waals surface area contributed by atoms with Gasteiger partial charge in [0.15, 0.2) is 11.5 Å². The van der Waals surface area contributed by atoms with Crippen molar-refractivity contribution in [2.75, 3.05) is 17.7 Å². The minimum atomic E-state index is -1.02. The number of carbonyl (C=O) groups excluding carboxylic acids is 1. The van der Waals surface area contributed by atoms with Crippen LogP contribution in [0.5, 0.6) is 11.5 Å². The molecule has 0 bridgehead atoms. The van der Waals surface area contributed by atoms with E-state index in [0.29, 0.717) is 53.1 Å². The number of carboxylic acids is 1. The van der Waals surface area contributed by atoms with Gasteiger partial charge in [0.1, 0.15) is 22.9 Å². The number of nitrogens with two attached hydrogens (primary N) is 1. The van der Waals surface area contributed by atoms with Gasteiger partial charge in [-0.3, -0.25) is 4.90 Å². The molecule has 0 unspecified atom stereocenters. The Balaban J connectivity index is 1.15. The Hall–Kier alpha value is -6.15. The highest BCUT2D eigenvalue weighted by Gasteiger charge is 2.24. The molecular formula is C40H42N8O5S. The molecule has 1 amide bonds. The molecule has 2 heterocycles. The molecule has 6 aromatic rings. The Morgan fingerprint density at radius 3 is 2.31 bits per heavy atom. The highest BCUT2D eigenvalue weighted by Crippen LogP contribution is 2.34. The van der Waals surface area contributed by atoms with Crippen LogP contribution in [0, 0.1) is 0 Å². The van der Waals surface area contributed by atoms with Crippen molar-refractivity contribution in [1.29, 1.82) is 0 Å². The summed E-state index contributed by atoms with van der Waals surface area (Å²) in [5.41, 5.74) is 10.9. The molecule has 6 rings (SSSR count). The number of benzene rings is 4. The van der Waals surface area contributed by atoms with Gasteiger partial charge in [0.05, 0.1) is 17.1 Å². The van der Waals surface area contributed by atoms with E-state index in [2.05, 4.69) is 27.5 Å². The van der Waals surface area contributed by atoms with E-state index in [-0.39, 0.29) is 5.69 Å². The van der Waals surface area contributed by atoms with Crippen molar-refractivity contribution in [1.82, 2.24) is 30.2 Å². The number of carboxylic acid groups (broad SMARTS) is 1. The van der Waals surface area contributed by atoms with E-state index in [1.165, 1.54) is 16.7 Å². The molecule has 0 aliphatic rings. The van der Waals surface area contributed by atoms with Crippen LogP contribution in [0.3, 0.4) is 0 Å². The van der Waals surface area contributed by atoms with E-state index in [4.69, 9.17) is 20.2 Å². The number of imidazole rings is 1. The van der Waals surface area contributed by atoms with E-state index < -0.39 is 17.7 Å². The SMILES string of the molecule is CCCc1nc(CSc2ccc(Oc3ccc(N)c(N(C)C(=O)OC(C)(C)C)c3)cc2)c(C(=O)O)n1Cc1ccc(-c2ccccc2-c2nnn[nH]2)cc1. The fourth-order valence-corrected chi connectivity index (χ4v) is 6.70. The molecule has 0 spiro atoms. The molecule has 2 aromatic heterocycles. The summed E-state index contributed by atoms with van der Waals surface area (Å²) in [7, 11) is 1.60. The van der Waals surface area contributed by atoms with Crippen molar-refractivity contribution < 1.29 is 24.2 Å². The van der Waals surface area contributed by atoms with Crippen LogP contribution >= 0.6 is 11.8 Å². The lowest BCUT2D eigenvalue weighted by Gasteiger charge is -2.25. The van der Waals surface area contributed by atoms with E-state index in [1.54, 1.807) is 46.0 Å². The van der Waals surface area contributed by atoms with Crippen LogP contribution in [0.25, 0.3) is 22.5 Å². The third-order valence-electron chi connectivity index (χ3n) is 8.39. The first kappa shape index (κ1) is 37.6. The third kappa shape index (κ3) is 8.89. The number of hydrogen-bond donors (Lipinski definition) is 3. The topological polar surface area (TPSA) is 174 Å². The molecule has 0 saturated heterocycles. The summed E-state index contributed by atoms with van der Waals surface area (Å²) < 4.78 is 13.4. The van der Waals surface area contributed by atoms with E-state index in [0.717, 1.165) is 39.4 Å². The number of aromatic amines is 1. The molecule has 0 aliphatic heterocycles. The molecule has 4 N–H and O–H groups in total. The predicted molar refractivity (Wildman–Crippen MR) is 209 cm³/mol. The van der Waals surface area contributed by atoms with Gasteiger partial charge < -0.3 is 24.9 Å². The quantitative estimate of drug-likeness (QED) is 0.0764. The van der Waals surface area contributed by atoms with Gasteiger partial charge in [-0.15, -0.1) is 16.9 Å². The number of aromatic carboxylic acids is 1. The van der Waals surface area contributed by atoms with Crippen molar-refractivity contribution in [3.8, 4) is 34.0 Å². The van der Waals surface area contributed by atoms with Gasteiger partial charge in [-0.1, -0.05) is 55.5 Å². The Bertz CT molecular complexity index is 2230. The highest BCUT2D eigenvalue weighted by molar-refractivity contribution is 7.98. The fourth-order valence-electron chi connectivity index (χ4n) is 5.86. The lowest BCUT2D eigenvalue weighted by atomic mass is 9.98. The molecule has 0 radical (unpaired) electrons. The van der Waals surface area contributed by atoms with Gasteiger partial charge in [-0.25, -0.2) is 19.7 Å². The van der Waals surface area contributed by atoms with Crippen LogP contribution < -0.4 is 15.4 Å². The average Bonchev–Trinajstić information content (AvgIpc) is 3.80. The number of H-pyrrole nitrogens is 1. The number of nitrogen functional groups attached to an aromatic ring is 1. The summed E-state index contributed by atoms with van der Waals surface area (Å²) in [6.45, 7) is 7.82. The molecule has 0 saturated carbocycles. The minimum absolute atomic E-state index is 0.189. The maximum absolute atomic E-state index is 12.7. The number of tetrazole rings is 1. The number of aryl methyl sites for hydroxylation is 1. The Morgan fingerprint density at radius 1 is 0.963 bits per heavy atom. The maximum atomic E-state index is 12.7. The second-order valence-electron chi connectivity index (χ2n) is 13.6. The molecule has 14 heteroatoms. The number of amides is 1. The summed E-state index contributed by atoms with van der Waals surface area (Å²) in [5, 5.41) is 24.7. The van der Waals surface area contributed by atoms with Crippen LogP contribution in [-0.4, -0.2) is 60.0 Å². The van der Waals surface area contributed by atoms with Crippen molar-refractivity contribution in [2.24, 2.45) is 0 Å². The second-order valence-corrected chi connectivity index (χ2v) is 14.6. The van der Waals surface area contributed by atoms with E-state index in [9.17, 15) is 14.7 Å². The second kappa shape index (κ2) is 16.3. The van der Waals surface area contributed by atoms with Crippen molar-refractivity contribution >= 4 is 35.2 Å². The standard InChI is InChI=1S/C40H42N8O5S/c1-6-9-35-42-33(24-54-29-19-16-27(17-20-29)52-28-18-21-32(41)34(22-28)47(5)39(51)53-40(2,3)4)36(38(49)50)48(35)23-25-12-14-26(15-13-25)30-10-7-8-11-31(30)37-43-45-46-44-37/h7-8,10-22H,6,9,23-24,41H2,1-5H3,(H,49,50)(H,43,44,45,46). The number of hydrogen-bond acceptors (Lipinski definition) is 10. The lowest BCUT2D eigenvalue weighted by molar-refractivity contribution is 0.0588. The predicted octanol–water partition coefficient (Wildman–Crippen LogP) is 8.47. The van der Waals surface area contributed by atoms with Crippen LogP contribution in [0.2, 0.25) is 0 Å². The summed E-state index contributed by atoms with van der Waals surface area (Å²) >= 11 is 1.50. The van der Waals surface area contributed by atoms with Crippen molar-refractivity contribution in [3.05, 3.63) is 114 Å². The molecule has 4 aromatic carbocycles. The van der Waals surface area contributed by atoms with Gasteiger partial charge in [0.2, 0.25) is 0 Å². The first-order valence-corrected chi connectivity index (χ1v) is 18.4. The monoisotopic (exact) mass is 746 g/mol. The molecule has 54 heavy (non-hydrogen) atoms. The first-order valence-electron chi connectivity index (χ1n) is 17.4. The zero-order valence-electron chi connectivity index (χ0n) is 30.7. The van der Waals surface area contributed by atoms with E-state index >= 15 is 0 Å². The number of rotatable bonds is 13. The largest absolute Gasteiger partial charge is 0.477 e. The van der Waals surface area contributed by atoms with Gasteiger partial charge >= 0.3 is 12.1 Å².